The van der Waals surface area contributed by atoms with Crippen molar-refractivity contribution in [2.24, 2.45) is 0 Å². The van der Waals surface area contributed by atoms with E-state index in [-0.39, 0.29) is 6.04 Å². The molecule has 1 N–H and O–H groups in total. The highest BCUT2D eigenvalue weighted by atomic mass is 79.9. The van der Waals surface area contributed by atoms with E-state index in [1.807, 2.05) is 26.0 Å². The molecule has 0 saturated carbocycles. The Morgan fingerprint density at radius 1 is 1.29 bits per heavy atom. The lowest BCUT2D eigenvalue weighted by Gasteiger charge is -2.29. The average molecular weight is 350 g/mol. The first-order valence-electron chi connectivity index (χ1n) is 7.30. The molecule has 21 heavy (non-hydrogen) atoms. The van der Waals surface area contributed by atoms with Gasteiger partial charge in [-0.3, -0.25) is 0 Å². The van der Waals surface area contributed by atoms with Gasteiger partial charge in [0, 0.05) is 34.1 Å². The highest BCUT2D eigenvalue weighted by molar-refractivity contribution is 9.10. The molecule has 112 valence electrons. The average Bonchev–Trinajstić information content (AvgIpc) is 2.78. The number of fused-ring (bicyclic) bond motifs is 1. The van der Waals surface area contributed by atoms with Gasteiger partial charge in [-0.15, -0.1) is 0 Å². The Labute approximate surface area is 133 Å². The SMILES string of the molecule is Cc1cc(C(C)NC2CCOc3ccc(Br)cc32)c(C)o1. The molecule has 0 saturated heterocycles. The Kier molecular flexibility index (Phi) is 4.09. The number of aryl methyl sites for hydroxylation is 2. The monoisotopic (exact) mass is 349 g/mol. The van der Waals surface area contributed by atoms with Gasteiger partial charge in [-0.25, -0.2) is 0 Å². The number of hydrogen-bond donors (Lipinski definition) is 1. The van der Waals surface area contributed by atoms with Crippen molar-refractivity contribution in [3.8, 4) is 5.75 Å². The van der Waals surface area contributed by atoms with Crippen molar-refractivity contribution in [1.82, 2.24) is 5.32 Å². The van der Waals surface area contributed by atoms with Crippen LogP contribution in [-0.2, 0) is 0 Å². The summed E-state index contributed by atoms with van der Waals surface area (Å²) in [4.78, 5) is 0. The first-order chi connectivity index (χ1) is 10.0. The largest absolute Gasteiger partial charge is 0.493 e. The van der Waals surface area contributed by atoms with E-state index < -0.39 is 0 Å². The fourth-order valence-electron chi connectivity index (χ4n) is 3.01. The summed E-state index contributed by atoms with van der Waals surface area (Å²) in [6.07, 6.45) is 0.976. The Bertz CT molecular complexity index is 650. The number of ether oxygens (including phenoxy) is 1. The number of furan rings is 1. The van der Waals surface area contributed by atoms with Gasteiger partial charge in [0.2, 0.25) is 0 Å². The summed E-state index contributed by atoms with van der Waals surface area (Å²) in [5, 5.41) is 3.71. The molecule has 2 atom stereocenters. The number of rotatable bonds is 3. The van der Waals surface area contributed by atoms with Gasteiger partial charge in [0.05, 0.1) is 6.61 Å². The molecule has 2 heterocycles. The van der Waals surface area contributed by atoms with E-state index in [0.717, 1.165) is 34.8 Å². The highest BCUT2D eigenvalue weighted by Crippen LogP contribution is 2.36. The lowest BCUT2D eigenvalue weighted by atomic mass is 9.98. The third kappa shape index (κ3) is 3.01. The molecule has 3 nitrogen and oxygen atoms in total. The van der Waals surface area contributed by atoms with Crippen LogP contribution in [0.3, 0.4) is 0 Å². The maximum Gasteiger partial charge on any atom is 0.124 e. The fraction of sp³-hybridized carbons (Fsp3) is 0.412. The Balaban J connectivity index is 1.83. The summed E-state index contributed by atoms with van der Waals surface area (Å²) >= 11 is 3.55. The van der Waals surface area contributed by atoms with E-state index in [1.165, 1.54) is 11.1 Å². The molecular weight excluding hydrogens is 330 g/mol. The molecule has 2 unspecified atom stereocenters. The minimum absolute atomic E-state index is 0.248. The fourth-order valence-corrected chi connectivity index (χ4v) is 3.39. The van der Waals surface area contributed by atoms with Crippen molar-refractivity contribution in [2.45, 2.75) is 39.3 Å². The van der Waals surface area contributed by atoms with Crippen LogP contribution in [0.5, 0.6) is 5.75 Å². The van der Waals surface area contributed by atoms with Crippen molar-refractivity contribution < 1.29 is 9.15 Å². The number of halogens is 1. The standard InChI is InChI=1S/C17H20BrNO2/c1-10-8-14(12(3)21-10)11(2)19-16-6-7-20-17-5-4-13(18)9-15(16)17/h4-5,8-9,11,16,19H,6-7H2,1-3H3. The summed E-state index contributed by atoms with van der Waals surface area (Å²) in [5.41, 5.74) is 2.45. The maximum atomic E-state index is 5.74. The van der Waals surface area contributed by atoms with Crippen molar-refractivity contribution >= 4 is 15.9 Å². The number of hydrogen-bond acceptors (Lipinski definition) is 3. The van der Waals surface area contributed by atoms with E-state index >= 15 is 0 Å². The quantitative estimate of drug-likeness (QED) is 0.861. The van der Waals surface area contributed by atoms with E-state index in [1.54, 1.807) is 0 Å². The minimum Gasteiger partial charge on any atom is -0.493 e. The molecule has 0 aliphatic carbocycles. The first kappa shape index (κ1) is 14.7. The summed E-state index contributed by atoms with van der Waals surface area (Å²) < 4.78 is 12.5. The molecular formula is C17H20BrNO2. The van der Waals surface area contributed by atoms with Gasteiger partial charge < -0.3 is 14.5 Å². The third-order valence-corrected chi connectivity index (χ3v) is 4.50. The predicted molar refractivity (Wildman–Crippen MR) is 86.7 cm³/mol. The smallest absolute Gasteiger partial charge is 0.124 e. The molecule has 0 amide bonds. The molecule has 2 aromatic rings. The van der Waals surface area contributed by atoms with Crippen LogP contribution in [-0.4, -0.2) is 6.61 Å². The first-order valence-corrected chi connectivity index (χ1v) is 8.09. The van der Waals surface area contributed by atoms with Gasteiger partial charge in [0.1, 0.15) is 17.3 Å². The molecule has 4 heteroatoms. The highest BCUT2D eigenvalue weighted by Gasteiger charge is 2.24. The molecule has 1 aromatic heterocycles. The van der Waals surface area contributed by atoms with E-state index in [9.17, 15) is 0 Å². The molecule has 1 aliphatic rings. The van der Waals surface area contributed by atoms with Gasteiger partial charge in [0.15, 0.2) is 0 Å². The Morgan fingerprint density at radius 3 is 2.81 bits per heavy atom. The van der Waals surface area contributed by atoms with Crippen molar-refractivity contribution in [3.05, 3.63) is 51.4 Å². The van der Waals surface area contributed by atoms with Crippen LogP contribution < -0.4 is 10.1 Å². The number of nitrogens with one attached hydrogen (secondary N) is 1. The molecule has 3 rings (SSSR count). The van der Waals surface area contributed by atoms with Crippen molar-refractivity contribution in [1.29, 1.82) is 0 Å². The van der Waals surface area contributed by atoms with Gasteiger partial charge in [0.25, 0.3) is 0 Å². The van der Waals surface area contributed by atoms with E-state index in [4.69, 9.17) is 9.15 Å². The Hall–Kier alpha value is -1.26. The zero-order valence-electron chi connectivity index (χ0n) is 12.6. The van der Waals surface area contributed by atoms with Crippen LogP contribution in [0, 0.1) is 13.8 Å². The lowest BCUT2D eigenvalue weighted by molar-refractivity contribution is 0.245. The maximum absolute atomic E-state index is 5.74. The van der Waals surface area contributed by atoms with Crippen LogP contribution in [0.25, 0.3) is 0 Å². The van der Waals surface area contributed by atoms with E-state index in [2.05, 4.69) is 40.3 Å². The van der Waals surface area contributed by atoms with Crippen molar-refractivity contribution in [2.75, 3.05) is 6.61 Å². The second kappa shape index (κ2) is 5.85. The zero-order valence-corrected chi connectivity index (χ0v) is 14.2. The molecule has 0 fully saturated rings. The summed E-state index contributed by atoms with van der Waals surface area (Å²) in [5.74, 6) is 2.94. The molecule has 0 spiro atoms. The second-order valence-electron chi connectivity index (χ2n) is 5.63. The van der Waals surface area contributed by atoms with Gasteiger partial charge in [-0.2, -0.15) is 0 Å². The predicted octanol–water partition coefficient (Wildman–Crippen LogP) is 4.83. The minimum atomic E-state index is 0.248. The van der Waals surface area contributed by atoms with Gasteiger partial charge >= 0.3 is 0 Å². The summed E-state index contributed by atoms with van der Waals surface area (Å²) in [7, 11) is 0. The van der Waals surface area contributed by atoms with Crippen LogP contribution >= 0.6 is 15.9 Å². The van der Waals surface area contributed by atoms with Crippen LogP contribution in [0.4, 0.5) is 0 Å². The number of benzene rings is 1. The van der Waals surface area contributed by atoms with E-state index in [0.29, 0.717) is 6.04 Å². The normalized spacial score (nSPS) is 19.0. The van der Waals surface area contributed by atoms with Crippen molar-refractivity contribution in [3.63, 3.8) is 0 Å². The summed E-state index contributed by atoms with van der Waals surface area (Å²) in [6, 6.07) is 8.87. The topological polar surface area (TPSA) is 34.4 Å². The molecule has 0 bridgehead atoms. The second-order valence-corrected chi connectivity index (χ2v) is 6.54. The van der Waals surface area contributed by atoms with Crippen LogP contribution in [0.2, 0.25) is 0 Å². The van der Waals surface area contributed by atoms with Gasteiger partial charge in [-0.05, 0) is 45.0 Å². The Morgan fingerprint density at radius 2 is 2.10 bits per heavy atom. The lowest BCUT2D eigenvalue weighted by Crippen LogP contribution is -2.29. The zero-order chi connectivity index (χ0) is 15.0. The van der Waals surface area contributed by atoms with Gasteiger partial charge in [-0.1, -0.05) is 15.9 Å². The van der Waals surface area contributed by atoms with Crippen LogP contribution in [0.15, 0.2) is 33.2 Å². The van der Waals surface area contributed by atoms with Crippen LogP contribution in [0.1, 0.15) is 48.1 Å². The third-order valence-electron chi connectivity index (χ3n) is 4.01. The molecule has 0 radical (unpaired) electrons. The molecule has 1 aromatic carbocycles. The molecule has 1 aliphatic heterocycles. The summed E-state index contributed by atoms with van der Waals surface area (Å²) in [6.45, 7) is 6.95.